The molecule has 1 aromatic heterocycles. The van der Waals surface area contributed by atoms with Crippen LogP contribution in [0.5, 0.6) is 0 Å². The van der Waals surface area contributed by atoms with Gasteiger partial charge in [0.2, 0.25) is 5.91 Å². The first-order chi connectivity index (χ1) is 10.6. The molecule has 0 unspecified atom stereocenters. The highest BCUT2D eigenvalue weighted by Gasteiger charge is 2.31. The molecule has 0 aliphatic carbocycles. The molecule has 0 radical (unpaired) electrons. The van der Waals surface area contributed by atoms with E-state index in [-0.39, 0.29) is 11.8 Å². The Labute approximate surface area is 127 Å². The molecule has 0 bridgehead atoms. The number of carbonyl (C=O) groups excluding carboxylic acids is 2. The van der Waals surface area contributed by atoms with Crippen molar-refractivity contribution >= 4 is 17.5 Å². The Morgan fingerprint density at radius 3 is 2.59 bits per heavy atom. The molecular weight excluding hydrogens is 282 g/mol. The Kier molecular flexibility index (Phi) is 3.86. The van der Waals surface area contributed by atoms with Gasteiger partial charge in [-0.3, -0.25) is 14.3 Å². The van der Waals surface area contributed by atoms with Crippen molar-refractivity contribution in [3.63, 3.8) is 0 Å². The summed E-state index contributed by atoms with van der Waals surface area (Å²) >= 11 is 0. The van der Waals surface area contributed by atoms with Gasteiger partial charge in [0.15, 0.2) is 0 Å². The minimum atomic E-state index is -0.127. The molecule has 114 valence electrons. The third kappa shape index (κ3) is 3.13. The van der Waals surface area contributed by atoms with E-state index >= 15 is 0 Å². The molecule has 2 amide bonds. The number of anilines is 1. The van der Waals surface area contributed by atoms with Crippen molar-refractivity contribution in [2.24, 2.45) is 5.92 Å². The van der Waals surface area contributed by atoms with E-state index in [1.165, 1.54) is 6.92 Å². The smallest absolute Gasteiger partial charge is 0.253 e. The van der Waals surface area contributed by atoms with Crippen molar-refractivity contribution in [2.45, 2.75) is 13.5 Å². The summed E-state index contributed by atoms with van der Waals surface area (Å²) in [6.45, 7) is 3.69. The number of likely N-dealkylation sites (tertiary alicyclic amines) is 1. The maximum atomic E-state index is 12.3. The van der Waals surface area contributed by atoms with Crippen molar-refractivity contribution in [3.05, 3.63) is 42.2 Å². The normalized spacial score (nSPS) is 14.5. The van der Waals surface area contributed by atoms with E-state index in [0.717, 1.165) is 19.6 Å². The summed E-state index contributed by atoms with van der Waals surface area (Å²) in [5, 5.41) is 10.4. The zero-order valence-corrected chi connectivity index (χ0v) is 12.3. The largest absolute Gasteiger partial charge is 0.338 e. The lowest BCUT2D eigenvalue weighted by Gasteiger charge is -2.39. The minimum Gasteiger partial charge on any atom is -0.338 e. The quantitative estimate of drug-likeness (QED) is 0.913. The van der Waals surface area contributed by atoms with Crippen LogP contribution in [0.1, 0.15) is 17.3 Å². The van der Waals surface area contributed by atoms with Gasteiger partial charge in [-0.15, -0.1) is 5.10 Å². The second-order valence-corrected chi connectivity index (χ2v) is 5.46. The predicted octanol–water partition coefficient (Wildman–Crippen LogP) is 1.01. The number of hydrogen-bond donors (Lipinski definition) is 1. The van der Waals surface area contributed by atoms with E-state index in [9.17, 15) is 9.59 Å². The Hall–Kier alpha value is -2.70. The Morgan fingerprint density at radius 2 is 2.00 bits per heavy atom. The minimum absolute atomic E-state index is 0.0178. The molecule has 0 atom stereocenters. The Morgan fingerprint density at radius 1 is 1.27 bits per heavy atom. The van der Waals surface area contributed by atoms with Gasteiger partial charge in [0.1, 0.15) is 0 Å². The number of nitrogens with one attached hydrogen (secondary N) is 1. The van der Waals surface area contributed by atoms with Crippen LogP contribution in [0.4, 0.5) is 5.69 Å². The van der Waals surface area contributed by atoms with Gasteiger partial charge in [-0.25, -0.2) is 0 Å². The number of carbonyl (C=O) groups is 2. The number of rotatable bonds is 4. The monoisotopic (exact) mass is 299 g/mol. The maximum Gasteiger partial charge on any atom is 0.253 e. The SMILES string of the molecule is CC(=O)Nc1ccc(C(=O)N2CC(Cn3ccnn3)C2)cc1. The highest BCUT2D eigenvalue weighted by Crippen LogP contribution is 2.21. The molecule has 7 heteroatoms. The molecule has 1 N–H and O–H groups in total. The summed E-state index contributed by atoms with van der Waals surface area (Å²) in [5.41, 5.74) is 1.32. The van der Waals surface area contributed by atoms with Crippen LogP contribution in [-0.4, -0.2) is 44.8 Å². The maximum absolute atomic E-state index is 12.3. The van der Waals surface area contributed by atoms with Gasteiger partial charge >= 0.3 is 0 Å². The fraction of sp³-hybridized carbons (Fsp3) is 0.333. The van der Waals surface area contributed by atoms with E-state index < -0.39 is 0 Å². The predicted molar refractivity (Wildman–Crippen MR) is 80.2 cm³/mol. The molecule has 1 aromatic carbocycles. The molecule has 0 saturated carbocycles. The topological polar surface area (TPSA) is 80.1 Å². The third-order valence-corrected chi connectivity index (χ3v) is 3.61. The van der Waals surface area contributed by atoms with Crippen molar-refractivity contribution in [3.8, 4) is 0 Å². The van der Waals surface area contributed by atoms with Crippen LogP contribution in [0.15, 0.2) is 36.7 Å². The summed E-state index contributed by atoms with van der Waals surface area (Å²) in [7, 11) is 0. The molecule has 0 spiro atoms. The van der Waals surface area contributed by atoms with Crippen LogP contribution in [-0.2, 0) is 11.3 Å². The summed E-state index contributed by atoms with van der Waals surface area (Å²) in [6.07, 6.45) is 3.48. The molecule has 7 nitrogen and oxygen atoms in total. The lowest BCUT2D eigenvalue weighted by molar-refractivity contribution is -0.114. The zero-order valence-electron chi connectivity index (χ0n) is 12.3. The van der Waals surface area contributed by atoms with Gasteiger partial charge in [0.25, 0.3) is 5.91 Å². The lowest BCUT2D eigenvalue weighted by Crippen LogP contribution is -2.51. The number of nitrogens with zero attached hydrogens (tertiary/aromatic N) is 4. The van der Waals surface area contributed by atoms with Crippen molar-refractivity contribution in [1.82, 2.24) is 19.9 Å². The van der Waals surface area contributed by atoms with Crippen molar-refractivity contribution in [1.29, 1.82) is 0 Å². The first-order valence-corrected chi connectivity index (χ1v) is 7.13. The fourth-order valence-corrected chi connectivity index (χ4v) is 2.53. The molecule has 2 aromatic rings. The average Bonchev–Trinajstić information content (AvgIpc) is 2.95. The van der Waals surface area contributed by atoms with E-state index in [1.54, 1.807) is 35.1 Å². The highest BCUT2D eigenvalue weighted by molar-refractivity contribution is 5.95. The number of hydrogen-bond acceptors (Lipinski definition) is 4. The van der Waals surface area contributed by atoms with E-state index in [0.29, 0.717) is 17.2 Å². The van der Waals surface area contributed by atoms with Crippen LogP contribution in [0.3, 0.4) is 0 Å². The van der Waals surface area contributed by atoms with E-state index in [2.05, 4.69) is 15.6 Å². The number of amides is 2. The summed E-state index contributed by atoms with van der Waals surface area (Å²) in [4.78, 5) is 25.1. The summed E-state index contributed by atoms with van der Waals surface area (Å²) < 4.78 is 1.79. The lowest BCUT2D eigenvalue weighted by atomic mass is 9.99. The summed E-state index contributed by atoms with van der Waals surface area (Å²) in [5.74, 6) is 0.311. The Balaban J connectivity index is 1.53. The number of benzene rings is 1. The second-order valence-electron chi connectivity index (χ2n) is 5.46. The average molecular weight is 299 g/mol. The summed E-state index contributed by atoms with van der Waals surface area (Å²) in [6, 6.07) is 6.94. The first kappa shape index (κ1) is 14.2. The van der Waals surface area contributed by atoms with Gasteiger partial charge in [-0.2, -0.15) is 0 Å². The second kappa shape index (κ2) is 5.97. The van der Waals surface area contributed by atoms with Crippen LogP contribution in [0.25, 0.3) is 0 Å². The molecule has 22 heavy (non-hydrogen) atoms. The fourth-order valence-electron chi connectivity index (χ4n) is 2.53. The molecule has 1 saturated heterocycles. The molecule has 1 fully saturated rings. The third-order valence-electron chi connectivity index (χ3n) is 3.61. The molecule has 2 heterocycles. The van der Waals surface area contributed by atoms with Gasteiger partial charge in [-0.05, 0) is 24.3 Å². The van der Waals surface area contributed by atoms with Gasteiger partial charge in [0, 0.05) is 49.9 Å². The highest BCUT2D eigenvalue weighted by atomic mass is 16.2. The zero-order chi connectivity index (χ0) is 15.5. The van der Waals surface area contributed by atoms with Crippen molar-refractivity contribution < 1.29 is 9.59 Å². The van der Waals surface area contributed by atoms with Crippen molar-refractivity contribution in [2.75, 3.05) is 18.4 Å². The number of aromatic nitrogens is 3. The molecule has 1 aliphatic heterocycles. The van der Waals surface area contributed by atoms with E-state index in [1.807, 2.05) is 11.1 Å². The van der Waals surface area contributed by atoms with E-state index in [4.69, 9.17) is 0 Å². The Bertz CT molecular complexity index is 660. The molecular formula is C15H17N5O2. The molecule has 3 rings (SSSR count). The molecule has 1 aliphatic rings. The standard InChI is InChI=1S/C15H17N5O2/c1-11(21)17-14-4-2-13(3-5-14)15(22)19-8-12(9-19)10-20-7-6-16-18-20/h2-7,12H,8-10H2,1H3,(H,17,21). The van der Waals surface area contributed by atoms with Crippen LogP contribution < -0.4 is 5.32 Å². The van der Waals surface area contributed by atoms with Gasteiger partial charge < -0.3 is 10.2 Å². The first-order valence-electron chi connectivity index (χ1n) is 7.13. The van der Waals surface area contributed by atoms with Crippen LogP contribution in [0, 0.1) is 5.92 Å². The van der Waals surface area contributed by atoms with Crippen LogP contribution >= 0.6 is 0 Å². The van der Waals surface area contributed by atoms with Crippen LogP contribution in [0.2, 0.25) is 0 Å². The van der Waals surface area contributed by atoms with Gasteiger partial charge in [-0.1, -0.05) is 5.21 Å². The van der Waals surface area contributed by atoms with Gasteiger partial charge in [0.05, 0.1) is 6.20 Å².